The third-order valence-corrected chi connectivity index (χ3v) is 6.24. The number of rotatable bonds is 4. The Labute approximate surface area is 156 Å². The van der Waals surface area contributed by atoms with E-state index in [4.69, 9.17) is 0 Å². The summed E-state index contributed by atoms with van der Waals surface area (Å²) in [5.41, 5.74) is 0.961. The Bertz CT molecular complexity index is 800. The van der Waals surface area contributed by atoms with Gasteiger partial charge in [0.05, 0.1) is 6.04 Å². The van der Waals surface area contributed by atoms with Crippen LogP contribution in [0.15, 0.2) is 29.4 Å². The summed E-state index contributed by atoms with van der Waals surface area (Å²) in [5, 5.41) is 4.69. The lowest BCUT2D eigenvalue weighted by Crippen LogP contribution is -2.49. The maximum absolute atomic E-state index is 13.4. The average molecular weight is 375 g/mol. The minimum absolute atomic E-state index is 0.0366. The van der Waals surface area contributed by atoms with Crippen molar-refractivity contribution in [1.82, 2.24) is 24.6 Å². The van der Waals surface area contributed by atoms with Gasteiger partial charge >= 0.3 is 0 Å². The summed E-state index contributed by atoms with van der Waals surface area (Å²) in [6.45, 7) is 5.62. The van der Waals surface area contributed by atoms with E-state index in [-0.39, 0.29) is 23.0 Å². The van der Waals surface area contributed by atoms with E-state index in [9.17, 15) is 9.18 Å². The number of hydrogen-bond donors (Lipinski definition) is 0. The van der Waals surface area contributed by atoms with Crippen molar-refractivity contribution in [2.75, 3.05) is 33.2 Å². The van der Waals surface area contributed by atoms with Crippen LogP contribution in [0.25, 0.3) is 0 Å². The molecular weight excluding hydrogens is 353 g/mol. The van der Waals surface area contributed by atoms with Gasteiger partial charge in [-0.25, -0.2) is 9.37 Å². The first-order valence-electron chi connectivity index (χ1n) is 8.91. The highest BCUT2D eigenvalue weighted by Gasteiger charge is 2.43. The van der Waals surface area contributed by atoms with E-state index in [1.165, 1.54) is 28.6 Å². The third-order valence-electron chi connectivity index (χ3n) is 5.05. The zero-order valence-electron chi connectivity index (χ0n) is 14.9. The van der Waals surface area contributed by atoms with Crippen LogP contribution in [0.2, 0.25) is 0 Å². The number of thioether (sulfide) groups is 1. The normalized spacial score (nSPS) is 22.6. The zero-order valence-corrected chi connectivity index (χ0v) is 15.7. The standard InChI is InChI=1S/C18H22FN5OS/c1-3-14-20-18-24(21-14)17(25)16(26-18)15(12-4-6-13(19)7-5-12)23-10-8-22(2)9-11-23/h4-7,15-16H,3,8-11H2,1-2H3. The number of aromatic nitrogens is 3. The second-order valence-electron chi connectivity index (χ2n) is 6.79. The first-order chi connectivity index (χ1) is 12.6. The van der Waals surface area contributed by atoms with Gasteiger partial charge in [-0.1, -0.05) is 30.8 Å². The molecule has 1 fully saturated rings. The summed E-state index contributed by atoms with van der Waals surface area (Å²) in [4.78, 5) is 22.1. The minimum Gasteiger partial charge on any atom is -0.304 e. The molecule has 1 aromatic carbocycles. The molecule has 0 radical (unpaired) electrons. The maximum Gasteiger partial charge on any atom is 0.264 e. The summed E-state index contributed by atoms with van der Waals surface area (Å²) in [5.74, 6) is 0.390. The van der Waals surface area contributed by atoms with Crippen molar-refractivity contribution in [3.05, 3.63) is 41.5 Å². The van der Waals surface area contributed by atoms with Gasteiger partial charge in [0.15, 0.2) is 11.0 Å². The Morgan fingerprint density at radius 1 is 1.23 bits per heavy atom. The van der Waals surface area contributed by atoms with E-state index in [2.05, 4.69) is 26.9 Å². The molecule has 138 valence electrons. The summed E-state index contributed by atoms with van der Waals surface area (Å²) in [7, 11) is 2.10. The van der Waals surface area contributed by atoms with Crippen molar-refractivity contribution in [3.8, 4) is 0 Å². The number of nitrogens with zero attached hydrogens (tertiary/aromatic N) is 5. The minimum atomic E-state index is -0.315. The van der Waals surface area contributed by atoms with Crippen LogP contribution in [0.4, 0.5) is 4.39 Å². The van der Waals surface area contributed by atoms with Crippen LogP contribution in [-0.2, 0) is 6.42 Å². The highest BCUT2D eigenvalue weighted by molar-refractivity contribution is 8.00. The van der Waals surface area contributed by atoms with Gasteiger partial charge in [-0.3, -0.25) is 9.69 Å². The van der Waals surface area contributed by atoms with Crippen LogP contribution >= 0.6 is 11.8 Å². The van der Waals surface area contributed by atoms with Gasteiger partial charge in [-0.15, -0.1) is 5.10 Å². The lowest BCUT2D eigenvalue weighted by atomic mass is 10.00. The SMILES string of the molecule is CCc1nc2n(n1)C(=O)C(C(c1ccc(F)cc1)N1CCN(C)CC1)S2. The van der Waals surface area contributed by atoms with Gasteiger partial charge in [-0.05, 0) is 24.7 Å². The van der Waals surface area contributed by atoms with E-state index >= 15 is 0 Å². The van der Waals surface area contributed by atoms with Crippen LogP contribution in [-0.4, -0.2) is 68.9 Å². The topological polar surface area (TPSA) is 54.3 Å². The van der Waals surface area contributed by atoms with Gasteiger partial charge in [0.2, 0.25) is 0 Å². The van der Waals surface area contributed by atoms with Gasteiger partial charge in [-0.2, -0.15) is 4.68 Å². The molecule has 2 atom stereocenters. The molecule has 0 aliphatic carbocycles. The van der Waals surface area contributed by atoms with Crippen LogP contribution in [0.1, 0.15) is 29.1 Å². The number of piperazine rings is 1. The molecule has 0 N–H and O–H groups in total. The third kappa shape index (κ3) is 3.17. The Morgan fingerprint density at radius 3 is 2.54 bits per heavy atom. The zero-order chi connectivity index (χ0) is 18.3. The van der Waals surface area contributed by atoms with Crippen molar-refractivity contribution in [2.24, 2.45) is 0 Å². The predicted molar refractivity (Wildman–Crippen MR) is 97.9 cm³/mol. The summed E-state index contributed by atoms with van der Waals surface area (Å²) < 4.78 is 14.9. The lowest BCUT2D eigenvalue weighted by molar-refractivity contribution is 0.0766. The molecule has 0 spiro atoms. The van der Waals surface area contributed by atoms with E-state index in [0.717, 1.165) is 31.7 Å². The fraction of sp³-hybridized carbons (Fsp3) is 0.500. The highest BCUT2D eigenvalue weighted by atomic mass is 32.2. The fourth-order valence-corrected chi connectivity index (χ4v) is 4.80. The largest absolute Gasteiger partial charge is 0.304 e. The summed E-state index contributed by atoms with van der Waals surface area (Å²) >= 11 is 1.47. The molecule has 0 amide bonds. The molecule has 3 heterocycles. The molecule has 2 aliphatic heterocycles. The van der Waals surface area contributed by atoms with Crippen LogP contribution in [0.5, 0.6) is 0 Å². The molecule has 6 nitrogen and oxygen atoms in total. The summed E-state index contributed by atoms with van der Waals surface area (Å²) in [6, 6.07) is 6.40. The molecule has 2 unspecified atom stereocenters. The number of benzene rings is 1. The number of likely N-dealkylation sites (N-methyl/N-ethyl adjacent to an activating group) is 1. The molecule has 8 heteroatoms. The number of carbonyl (C=O) groups is 1. The predicted octanol–water partition coefficient (Wildman–Crippen LogP) is 2.08. The van der Waals surface area contributed by atoms with Gasteiger partial charge in [0.25, 0.3) is 5.91 Å². The van der Waals surface area contributed by atoms with Crippen molar-refractivity contribution >= 4 is 17.7 Å². The van der Waals surface area contributed by atoms with E-state index in [1.54, 1.807) is 12.1 Å². The molecule has 1 aromatic heterocycles. The van der Waals surface area contributed by atoms with Crippen molar-refractivity contribution in [3.63, 3.8) is 0 Å². The number of halogens is 1. The van der Waals surface area contributed by atoms with Crippen molar-refractivity contribution in [1.29, 1.82) is 0 Å². The molecule has 1 saturated heterocycles. The molecule has 0 bridgehead atoms. The Hall–Kier alpha value is -1.77. The number of hydrogen-bond acceptors (Lipinski definition) is 6. The second-order valence-corrected chi connectivity index (χ2v) is 7.90. The quantitative estimate of drug-likeness (QED) is 0.816. The first-order valence-corrected chi connectivity index (χ1v) is 9.79. The number of fused-ring (bicyclic) bond motifs is 1. The van der Waals surface area contributed by atoms with Crippen LogP contribution in [0.3, 0.4) is 0 Å². The van der Waals surface area contributed by atoms with Crippen LogP contribution < -0.4 is 0 Å². The maximum atomic E-state index is 13.4. The second kappa shape index (κ2) is 7.09. The molecule has 2 aliphatic rings. The fourth-order valence-electron chi connectivity index (χ4n) is 3.53. The summed E-state index contributed by atoms with van der Waals surface area (Å²) in [6.07, 6.45) is 0.707. The first kappa shape index (κ1) is 17.6. The Balaban J connectivity index is 1.66. The number of carbonyl (C=O) groups excluding carboxylic acids is 1. The lowest BCUT2D eigenvalue weighted by Gasteiger charge is -2.39. The van der Waals surface area contributed by atoms with E-state index in [0.29, 0.717) is 17.4 Å². The Kier molecular flexibility index (Phi) is 4.81. The molecule has 0 saturated carbocycles. The monoisotopic (exact) mass is 375 g/mol. The van der Waals surface area contributed by atoms with Crippen molar-refractivity contribution in [2.45, 2.75) is 29.8 Å². The van der Waals surface area contributed by atoms with Gasteiger partial charge < -0.3 is 4.90 Å². The van der Waals surface area contributed by atoms with E-state index in [1.807, 2.05) is 6.92 Å². The van der Waals surface area contributed by atoms with Crippen LogP contribution in [0, 0.1) is 5.82 Å². The van der Waals surface area contributed by atoms with Gasteiger partial charge in [0, 0.05) is 32.6 Å². The molecule has 26 heavy (non-hydrogen) atoms. The van der Waals surface area contributed by atoms with Crippen molar-refractivity contribution < 1.29 is 9.18 Å². The average Bonchev–Trinajstić information content (AvgIpc) is 3.18. The molecular formula is C18H22FN5OS. The molecule has 2 aromatic rings. The number of aryl methyl sites for hydroxylation is 1. The van der Waals surface area contributed by atoms with Gasteiger partial charge in [0.1, 0.15) is 11.1 Å². The molecule has 4 rings (SSSR count). The smallest absolute Gasteiger partial charge is 0.264 e. The highest BCUT2D eigenvalue weighted by Crippen LogP contribution is 2.41. The Morgan fingerprint density at radius 2 is 1.92 bits per heavy atom. The van der Waals surface area contributed by atoms with E-state index < -0.39 is 0 Å².